The lowest BCUT2D eigenvalue weighted by Crippen LogP contribution is -2.29. The van der Waals surface area contributed by atoms with Crippen LogP contribution >= 0.6 is 11.8 Å². The molecule has 1 aliphatic rings. The Morgan fingerprint density at radius 1 is 1.14 bits per heavy atom. The summed E-state index contributed by atoms with van der Waals surface area (Å²) in [5.74, 6) is 0.324. The van der Waals surface area contributed by atoms with E-state index in [9.17, 15) is 9.90 Å². The van der Waals surface area contributed by atoms with Crippen molar-refractivity contribution in [2.75, 3.05) is 24.7 Å². The third-order valence-corrected chi connectivity index (χ3v) is 7.08. The Morgan fingerprint density at radius 3 is 2.51 bits per heavy atom. The van der Waals surface area contributed by atoms with Gasteiger partial charge in [-0.15, -0.1) is 0 Å². The summed E-state index contributed by atoms with van der Waals surface area (Å²) in [4.78, 5) is 17.8. The molecule has 4 rings (SSSR count). The predicted octanol–water partition coefficient (Wildman–Crippen LogP) is 6.95. The maximum Gasteiger partial charge on any atom is 0.337 e. The summed E-state index contributed by atoms with van der Waals surface area (Å²) in [7, 11) is 0. The number of carboxylic acids is 1. The van der Waals surface area contributed by atoms with E-state index >= 15 is 0 Å². The molecule has 2 N–H and O–H groups in total. The number of rotatable bonds is 7. The Morgan fingerprint density at radius 2 is 1.86 bits per heavy atom. The minimum absolute atomic E-state index is 0.560. The summed E-state index contributed by atoms with van der Waals surface area (Å²) in [6.07, 6.45) is 0.832. The van der Waals surface area contributed by atoms with Crippen molar-refractivity contribution in [2.45, 2.75) is 59.0 Å². The third kappa shape index (κ3) is 5.78. The number of aromatic nitrogens is 1. The average molecular weight is 521 g/mol. The average Bonchev–Trinajstić information content (AvgIpc) is 2.84. The van der Waals surface area contributed by atoms with Gasteiger partial charge in [0.15, 0.2) is 6.10 Å². The fraction of sp³-hybridized carbons (Fsp3) is 0.400. The van der Waals surface area contributed by atoms with Crippen LogP contribution in [-0.4, -0.2) is 41.1 Å². The van der Waals surface area contributed by atoms with E-state index in [-0.39, 0.29) is 0 Å². The van der Waals surface area contributed by atoms with Crippen LogP contribution < -0.4 is 10.1 Å². The Balaban J connectivity index is 2.07. The van der Waals surface area contributed by atoms with Crippen molar-refractivity contribution in [3.63, 3.8) is 0 Å². The molecule has 0 amide bonds. The number of thioether (sulfide) groups is 1. The van der Waals surface area contributed by atoms with E-state index in [0.29, 0.717) is 17.9 Å². The number of aryl methyl sites for hydroxylation is 2. The first-order valence-corrected chi connectivity index (χ1v) is 13.9. The number of pyridine rings is 1. The highest BCUT2D eigenvalue weighted by atomic mass is 32.2. The molecule has 2 heterocycles. The van der Waals surface area contributed by atoms with Gasteiger partial charge in [-0.1, -0.05) is 18.2 Å². The topological polar surface area (TPSA) is 80.7 Å². The minimum atomic E-state index is -1.17. The van der Waals surface area contributed by atoms with Crippen LogP contribution in [0.25, 0.3) is 22.4 Å². The maximum atomic E-state index is 12.7. The number of hydrogen-bond donors (Lipinski definition) is 2. The summed E-state index contributed by atoms with van der Waals surface area (Å²) in [6, 6.07) is 12.3. The van der Waals surface area contributed by atoms with E-state index < -0.39 is 17.7 Å². The summed E-state index contributed by atoms with van der Waals surface area (Å²) in [6.45, 7) is 13.2. The van der Waals surface area contributed by atoms with Crippen LogP contribution in [0.15, 0.2) is 36.4 Å². The van der Waals surface area contributed by atoms with Crippen LogP contribution in [0, 0.1) is 20.8 Å². The molecule has 0 spiro atoms. The van der Waals surface area contributed by atoms with E-state index in [2.05, 4.69) is 37.4 Å². The Bertz CT molecular complexity index is 1330. The highest BCUT2D eigenvalue weighted by Gasteiger charge is 2.34. The second kappa shape index (κ2) is 10.8. The molecule has 1 aromatic heterocycles. The van der Waals surface area contributed by atoms with Crippen LogP contribution in [0.2, 0.25) is 0 Å². The summed E-state index contributed by atoms with van der Waals surface area (Å²) < 4.78 is 12.0. The lowest BCUT2D eigenvalue weighted by atomic mass is 9.88. The van der Waals surface area contributed by atoms with E-state index in [0.717, 1.165) is 51.6 Å². The maximum absolute atomic E-state index is 12.7. The number of fused-ring (bicyclic) bond motifs is 1. The zero-order valence-electron chi connectivity index (χ0n) is 22.7. The first-order chi connectivity index (χ1) is 17.5. The zero-order valence-corrected chi connectivity index (χ0v) is 23.5. The molecule has 1 aliphatic heterocycles. The highest BCUT2D eigenvalue weighted by Crippen LogP contribution is 2.43. The van der Waals surface area contributed by atoms with E-state index in [1.165, 1.54) is 11.1 Å². The van der Waals surface area contributed by atoms with Gasteiger partial charge in [-0.25, -0.2) is 4.79 Å². The zero-order chi connectivity index (χ0) is 26.9. The normalized spacial score (nSPS) is 13.9. The second-order valence-electron chi connectivity index (χ2n) is 10.5. The van der Waals surface area contributed by atoms with Crippen molar-refractivity contribution in [3.8, 4) is 28.1 Å². The van der Waals surface area contributed by atoms with Crippen LogP contribution in [0.4, 0.5) is 5.69 Å². The van der Waals surface area contributed by atoms with Gasteiger partial charge in [0.1, 0.15) is 12.4 Å². The molecule has 1 atom stereocenters. The van der Waals surface area contributed by atoms with E-state index in [1.807, 2.05) is 52.1 Å². The molecule has 3 aromatic rings. The minimum Gasteiger partial charge on any atom is -0.490 e. The van der Waals surface area contributed by atoms with Crippen LogP contribution in [0.5, 0.6) is 5.75 Å². The van der Waals surface area contributed by atoms with Gasteiger partial charge in [0, 0.05) is 23.4 Å². The van der Waals surface area contributed by atoms with Gasteiger partial charge < -0.3 is 19.9 Å². The lowest BCUT2D eigenvalue weighted by molar-refractivity contribution is -0.160. The smallest absolute Gasteiger partial charge is 0.337 e. The molecule has 0 bridgehead atoms. The molecule has 0 saturated heterocycles. The van der Waals surface area contributed by atoms with Crippen molar-refractivity contribution in [1.82, 2.24) is 4.98 Å². The summed E-state index contributed by atoms with van der Waals surface area (Å²) >= 11 is 1.61. The van der Waals surface area contributed by atoms with Crippen LogP contribution in [-0.2, 0) is 15.3 Å². The number of carboxylic acid groups (broad SMARTS) is 1. The molecule has 6 nitrogen and oxygen atoms in total. The Hall–Kier alpha value is -3.03. The molecular weight excluding hydrogens is 484 g/mol. The number of benzene rings is 2. The molecule has 2 aromatic carbocycles. The van der Waals surface area contributed by atoms with Gasteiger partial charge in [-0.2, -0.15) is 11.8 Å². The second-order valence-corrected chi connectivity index (χ2v) is 11.4. The molecule has 0 aliphatic carbocycles. The first kappa shape index (κ1) is 27.0. The van der Waals surface area contributed by atoms with E-state index in [4.69, 9.17) is 14.5 Å². The highest BCUT2D eigenvalue weighted by molar-refractivity contribution is 7.97. The number of carbonyl (C=O) groups is 1. The van der Waals surface area contributed by atoms with Gasteiger partial charge in [0.25, 0.3) is 0 Å². The van der Waals surface area contributed by atoms with Crippen molar-refractivity contribution >= 4 is 23.4 Å². The number of ether oxygens (including phenoxy) is 2. The fourth-order valence-electron chi connectivity index (χ4n) is 4.70. The quantitative estimate of drug-likeness (QED) is 0.349. The predicted molar refractivity (Wildman–Crippen MR) is 152 cm³/mol. The molecule has 196 valence electrons. The largest absolute Gasteiger partial charge is 0.490 e. The molecule has 0 saturated carbocycles. The van der Waals surface area contributed by atoms with Crippen molar-refractivity contribution in [3.05, 3.63) is 64.3 Å². The number of nitrogens with one attached hydrogen (secondary N) is 1. The monoisotopic (exact) mass is 520 g/mol. The first-order valence-electron chi connectivity index (χ1n) is 12.5. The number of nitrogens with zero attached hydrogens (tertiary/aromatic N) is 1. The molecule has 0 fully saturated rings. The Kier molecular flexibility index (Phi) is 7.85. The fourth-order valence-corrected chi connectivity index (χ4v) is 5.19. The van der Waals surface area contributed by atoms with Crippen molar-refractivity contribution in [1.29, 1.82) is 0 Å². The van der Waals surface area contributed by atoms with Gasteiger partial charge in [-0.05, 0) is 93.8 Å². The third-order valence-electron chi connectivity index (χ3n) is 6.52. The summed E-state index contributed by atoms with van der Waals surface area (Å²) in [5.41, 5.74) is 8.50. The van der Waals surface area contributed by atoms with Gasteiger partial charge in [0.05, 0.1) is 22.7 Å². The van der Waals surface area contributed by atoms with Crippen molar-refractivity contribution in [2.24, 2.45) is 0 Å². The molecular formula is C30H36N2O4S. The van der Waals surface area contributed by atoms with E-state index in [1.54, 1.807) is 11.8 Å². The van der Waals surface area contributed by atoms with Gasteiger partial charge >= 0.3 is 5.97 Å². The number of aliphatic carboxylic acids is 1. The molecule has 7 heteroatoms. The van der Waals surface area contributed by atoms with Gasteiger partial charge in [0.2, 0.25) is 0 Å². The van der Waals surface area contributed by atoms with Crippen LogP contribution in [0.3, 0.4) is 0 Å². The van der Waals surface area contributed by atoms with Crippen molar-refractivity contribution < 1.29 is 19.4 Å². The molecule has 1 unspecified atom stereocenters. The SMILES string of the molecule is CSCc1nc(-c2ccc(C)c(C)c2)c(C)c(-c2ccc3c(c2)NCCO3)c1C(OC(C)(C)C)C(=O)O. The van der Waals surface area contributed by atoms with Gasteiger partial charge in [-0.3, -0.25) is 4.98 Å². The number of anilines is 1. The lowest BCUT2D eigenvalue weighted by Gasteiger charge is -2.30. The molecule has 37 heavy (non-hydrogen) atoms. The number of hydrogen-bond acceptors (Lipinski definition) is 6. The van der Waals surface area contributed by atoms with Crippen LogP contribution in [0.1, 0.15) is 54.8 Å². The standard InChI is InChI=1S/C30H36N2O4S/c1-17-8-9-21(14-18(17)2)27-19(3)25(20-10-11-24-22(15-20)31-12-13-35-24)26(23(32-27)16-37-7)28(29(33)34)36-30(4,5)6/h8-11,14-15,28,31H,12-13,16H2,1-7H3,(H,33,34). The summed E-state index contributed by atoms with van der Waals surface area (Å²) in [5, 5.41) is 13.8. The molecule has 0 radical (unpaired) electrons. The Labute approximate surface area is 223 Å².